The quantitative estimate of drug-likeness (QED) is 0.829. The summed E-state index contributed by atoms with van der Waals surface area (Å²) < 4.78 is 1.27. The van der Waals surface area contributed by atoms with E-state index >= 15 is 0 Å². The zero-order chi connectivity index (χ0) is 10.7. The molecule has 0 saturated carbocycles. The van der Waals surface area contributed by atoms with E-state index in [2.05, 4.69) is 70.5 Å². The van der Waals surface area contributed by atoms with E-state index < -0.39 is 0 Å². The Bertz CT molecular complexity index is 450. The molecule has 2 aromatic rings. The highest BCUT2D eigenvalue weighted by Crippen LogP contribution is 2.20. The highest BCUT2D eigenvalue weighted by molar-refractivity contribution is 14.1. The smallest absolute Gasteiger partial charge is 0.0497 e. The van der Waals surface area contributed by atoms with E-state index in [1.807, 2.05) is 11.3 Å². The summed E-state index contributed by atoms with van der Waals surface area (Å²) in [7, 11) is 0. The Morgan fingerprint density at radius 2 is 2.07 bits per heavy atom. The Balaban J connectivity index is 2.06. The summed E-state index contributed by atoms with van der Waals surface area (Å²) in [6.45, 7) is 3.08. The molecule has 0 amide bonds. The fourth-order valence-electron chi connectivity index (χ4n) is 1.37. The number of halogens is 1. The number of rotatable bonds is 3. The van der Waals surface area contributed by atoms with Gasteiger partial charge in [0.25, 0.3) is 0 Å². The predicted molar refractivity (Wildman–Crippen MR) is 75.5 cm³/mol. The molecule has 0 unspecified atom stereocenters. The van der Waals surface area contributed by atoms with Crippen LogP contribution in [0.25, 0.3) is 0 Å². The van der Waals surface area contributed by atoms with Crippen molar-refractivity contribution in [2.24, 2.45) is 0 Å². The van der Waals surface area contributed by atoms with Crippen molar-refractivity contribution in [2.45, 2.75) is 13.5 Å². The second-order valence-electron chi connectivity index (χ2n) is 3.36. The molecule has 0 atom stereocenters. The van der Waals surface area contributed by atoms with Crippen molar-refractivity contribution in [1.82, 2.24) is 0 Å². The monoisotopic (exact) mass is 329 g/mol. The van der Waals surface area contributed by atoms with Crippen LogP contribution in [0.1, 0.15) is 10.4 Å². The van der Waals surface area contributed by atoms with Gasteiger partial charge in [0.1, 0.15) is 0 Å². The molecule has 1 N–H and O–H groups in total. The molecule has 1 nitrogen and oxygen atoms in total. The minimum Gasteiger partial charge on any atom is -0.379 e. The molecule has 1 aromatic carbocycles. The molecule has 0 aliphatic rings. The third-order valence-electron chi connectivity index (χ3n) is 2.28. The van der Waals surface area contributed by atoms with E-state index in [9.17, 15) is 0 Å². The molecule has 0 spiro atoms. The van der Waals surface area contributed by atoms with Crippen molar-refractivity contribution in [3.63, 3.8) is 0 Å². The average molecular weight is 329 g/mol. The summed E-state index contributed by atoms with van der Waals surface area (Å²) >= 11 is 4.16. The normalized spacial score (nSPS) is 10.3. The Hall–Kier alpha value is -0.550. The van der Waals surface area contributed by atoms with Crippen LogP contribution in [0.4, 0.5) is 5.69 Å². The molecule has 0 aliphatic carbocycles. The van der Waals surface area contributed by atoms with Gasteiger partial charge in [-0.2, -0.15) is 0 Å². The lowest BCUT2D eigenvalue weighted by molar-refractivity contribution is 1.16. The van der Waals surface area contributed by atoms with Crippen molar-refractivity contribution in [3.8, 4) is 0 Å². The molecule has 1 aromatic heterocycles. The minimum atomic E-state index is 0.920. The van der Waals surface area contributed by atoms with Gasteiger partial charge in [-0.3, -0.25) is 0 Å². The summed E-state index contributed by atoms with van der Waals surface area (Å²) in [5.74, 6) is 0. The van der Waals surface area contributed by atoms with Gasteiger partial charge in [0.2, 0.25) is 0 Å². The Kier molecular flexibility index (Phi) is 3.64. The number of hydrogen-bond donors (Lipinski definition) is 1. The Morgan fingerprint density at radius 3 is 2.73 bits per heavy atom. The van der Waals surface area contributed by atoms with Gasteiger partial charge in [0, 0.05) is 20.7 Å². The van der Waals surface area contributed by atoms with E-state index in [0.29, 0.717) is 0 Å². The van der Waals surface area contributed by atoms with Crippen LogP contribution in [0.2, 0.25) is 0 Å². The molecule has 1 heterocycles. The molecule has 78 valence electrons. The van der Waals surface area contributed by atoms with E-state index in [0.717, 1.165) is 6.54 Å². The maximum Gasteiger partial charge on any atom is 0.0497 e. The fourth-order valence-corrected chi connectivity index (χ4v) is 2.79. The van der Waals surface area contributed by atoms with E-state index in [4.69, 9.17) is 0 Å². The molecular weight excluding hydrogens is 317 g/mol. The highest BCUT2D eigenvalue weighted by Gasteiger charge is 2.01. The summed E-state index contributed by atoms with van der Waals surface area (Å²) in [4.78, 5) is 1.41. The molecule has 15 heavy (non-hydrogen) atoms. The highest BCUT2D eigenvalue weighted by atomic mass is 127. The first kappa shape index (κ1) is 11.0. The van der Waals surface area contributed by atoms with Gasteiger partial charge < -0.3 is 5.32 Å². The number of hydrogen-bond acceptors (Lipinski definition) is 2. The molecule has 0 radical (unpaired) electrons. The van der Waals surface area contributed by atoms with E-state index in [1.54, 1.807) is 0 Å². The molecule has 0 saturated heterocycles. The second kappa shape index (κ2) is 4.99. The summed E-state index contributed by atoms with van der Waals surface area (Å²) in [6, 6.07) is 10.5. The lowest BCUT2D eigenvalue weighted by Crippen LogP contribution is -1.99. The predicted octanol–water partition coefficient (Wildman–Crippen LogP) is 4.27. The molecule has 0 bridgehead atoms. The first-order chi connectivity index (χ1) is 7.27. The number of aryl methyl sites for hydroxylation is 1. The zero-order valence-corrected chi connectivity index (χ0v) is 11.4. The Morgan fingerprint density at radius 1 is 1.27 bits per heavy atom. The fraction of sp³-hybridized carbons (Fsp3) is 0.167. The molecule has 0 fully saturated rings. The number of benzene rings is 1. The van der Waals surface area contributed by atoms with Crippen molar-refractivity contribution in [2.75, 3.05) is 5.32 Å². The lowest BCUT2D eigenvalue weighted by Gasteiger charge is -2.07. The summed E-state index contributed by atoms with van der Waals surface area (Å²) in [5, 5.41) is 5.60. The third-order valence-corrected chi connectivity index (χ3v) is 4.25. The van der Waals surface area contributed by atoms with Crippen LogP contribution in [0.15, 0.2) is 35.7 Å². The molecule has 3 heteroatoms. The van der Waals surface area contributed by atoms with Crippen LogP contribution in [0.5, 0.6) is 0 Å². The topological polar surface area (TPSA) is 12.0 Å². The van der Waals surface area contributed by atoms with Gasteiger partial charge in [-0.15, -0.1) is 11.3 Å². The maximum atomic E-state index is 3.46. The van der Waals surface area contributed by atoms with E-state index in [-0.39, 0.29) is 0 Å². The maximum absolute atomic E-state index is 3.46. The van der Waals surface area contributed by atoms with Crippen molar-refractivity contribution in [1.29, 1.82) is 0 Å². The van der Waals surface area contributed by atoms with Crippen LogP contribution < -0.4 is 5.32 Å². The van der Waals surface area contributed by atoms with Gasteiger partial charge >= 0.3 is 0 Å². The van der Waals surface area contributed by atoms with Crippen molar-refractivity contribution in [3.05, 3.63) is 49.7 Å². The standard InChI is InChI=1S/C12H12INS/c1-9-6-7-15-12(9)8-14-11-5-3-2-4-10(11)13/h2-7,14H,8H2,1H3. The Labute approximate surface area is 108 Å². The first-order valence-corrected chi connectivity index (χ1v) is 6.74. The van der Waals surface area contributed by atoms with Gasteiger partial charge in [0.05, 0.1) is 0 Å². The van der Waals surface area contributed by atoms with Gasteiger partial charge in [-0.1, -0.05) is 12.1 Å². The van der Waals surface area contributed by atoms with Crippen LogP contribution >= 0.6 is 33.9 Å². The van der Waals surface area contributed by atoms with Crippen LogP contribution in [0, 0.1) is 10.5 Å². The average Bonchev–Trinajstić information content (AvgIpc) is 2.63. The van der Waals surface area contributed by atoms with Crippen molar-refractivity contribution >= 4 is 39.6 Å². The summed E-state index contributed by atoms with van der Waals surface area (Å²) in [5.41, 5.74) is 2.59. The first-order valence-electron chi connectivity index (χ1n) is 4.79. The molecular formula is C12H12INS. The lowest BCUT2D eigenvalue weighted by atomic mass is 10.3. The molecule has 2 rings (SSSR count). The SMILES string of the molecule is Cc1ccsc1CNc1ccccc1I. The van der Waals surface area contributed by atoms with Gasteiger partial charge in [0.15, 0.2) is 0 Å². The van der Waals surface area contributed by atoms with Gasteiger partial charge in [-0.25, -0.2) is 0 Å². The van der Waals surface area contributed by atoms with Crippen molar-refractivity contribution < 1.29 is 0 Å². The van der Waals surface area contributed by atoms with E-state index in [1.165, 1.54) is 19.7 Å². The minimum absolute atomic E-state index is 0.920. The van der Waals surface area contributed by atoms with Gasteiger partial charge in [-0.05, 0) is 58.7 Å². The number of nitrogens with one attached hydrogen (secondary N) is 1. The number of thiophene rings is 1. The van der Waals surface area contributed by atoms with Crippen LogP contribution in [-0.2, 0) is 6.54 Å². The molecule has 0 aliphatic heterocycles. The number of anilines is 1. The second-order valence-corrected chi connectivity index (χ2v) is 5.52. The van der Waals surface area contributed by atoms with Crippen LogP contribution in [-0.4, -0.2) is 0 Å². The zero-order valence-electron chi connectivity index (χ0n) is 8.46. The number of para-hydroxylation sites is 1. The third kappa shape index (κ3) is 2.72. The van der Waals surface area contributed by atoms with Crippen LogP contribution in [0.3, 0.4) is 0 Å². The summed E-state index contributed by atoms with van der Waals surface area (Å²) in [6.07, 6.45) is 0. The largest absolute Gasteiger partial charge is 0.379 e.